The first-order chi connectivity index (χ1) is 4.76. The molecular formula is C8H18N2O. The van der Waals surface area contributed by atoms with Crippen molar-refractivity contribution >= 4 is 5.91 Å². The Labute approximate surface area is 68.6 Å². The number of carbonyl (C=O) groups is 1. The molecule has 0 aliphatic carbocycles. The van der Waals surface area contributed by atoms with Gasteiger partial charge >= 0.3 is 0 Å². The van der Waals surface area contributed by atoms with Crippen molar-refractivity contribution < 1.29 is 4.79 Å². The van der Waals surface area contributed by atoms with Crippen LogP contribution in [0.2, 0.25) is 0 Å². The van der Waals surface area contributed by atoms with Gasteiger partial charge in [-0.05, 0) is 27.7 Å². The number of carbonyl (C=O) groups excluding carboxylic acids is 1. The molecule has 0 saturated carbocycles. The minimum Gasteiger partial charge on any atom is -0.340 e. The molecule has 0 radical (unpaired) electrons. The summed E-state index contributed by atoms with van der Waals surface area (Å²) < 4.78 is 0. The van der Waals surface area contributed by atoms with E-state index in [1.807, 2.05) is 20.8 Å². The van der Waals surface area contributed by atoms with E-state index in [0.717, 1.165) is 0 Å². The molecule has 0 heterocycles. The number of hydrogen-bond donors (Lipinski definition) is 1. The average molecular weight is 158 g/mol. The van der Waals surface area contributed by atoms with Crippen LogP contribution in [0.3, 0.4) is 0 Å². The van der Waals surface area contributed by atoms with Crippen LogP contribution in [0.4, 0.5) is 0 Å². The van der Waals surface area contributed by atoms with Crippen molar-refractivity contribution in [3.05, 3.63) is 0 Å². The molecular weight excluding hydrogens is 140 g/mol. The molecule has 2 N–H and O–H groups in total. The molecule has 3 heteroatoms. The maximum absolute atomic E-state index is 11.3. The molecule has 0 spiro atoms. The van der Waals surface area contributed by atoms with Crippen LogP contribution >= 0.6 is 0 Å². The van der Waals surface area contributed by atoms with Crippen molar-refractivity contribution in [1.29, 1.82) is 0 Å². The van der Waals surface area contributed by atoms with Gasteiger partial charge in [0.1, 0.15) is 0 Å². The molecule has 0 fully saturated rings. The van der Waals surface area contributed by atoms with Crippen LogP contribution in [-0.2, 0) is 4.79 Å². The zero-order valence-corrected chi connectivity index (χ0v) is 8.01. The summed E-state index contributed by atoms with van der Waals surface area (Å²) in [5.41, 5.74) is 5.31. The summed E-state index contributed by atoms with van der Waals surface area (Å²) in [7, 11) is 1.77. The number of rotatable bonds is 1. The fourth-order valence-corrected chi connectivity index (χ4v) is 0.636. The lowest BCUT2D eigenvalue weighted by Crippen LogP contribution is -2.48. The first-order valence-electron chi connectivity index (χ1n) is 3.80. The lowest BCUT2D eigenvalue weighted by atomic mass is 10.1. The van der Waals surface area contributed by atoms with E-state index >= 15 is 0 Å². The Morgan fingerprint density at radius 3 is 1.91 bits per heavy atom. The van der Waals surface area contributed by atoms with Gasteiger partial charge in [-0.25, -0.2) is 0 Å². The highest BCUT2D eigenvalue weighted by atomic mass is 16.2. The smallest absolute Gasteiger partial charge is 0.239 e. The van der Waals surface area contributed by atoms with Crippen LogP contribution in [0, 0.1) is 0 Å². The number of amides is 1. The minimum absolute atomic E-state index is 0.0162. The summed E-state index contributed by atoms with van der Waals surface area (Å²) in [5, 5.41) is 0. The second-order valence-corrected chi connectivity index (χ2v) is 3.86. The predicted molar refractivity (Wildman–Crippen MR) is 46.2 cm³/mol. The van der Waals surface area contributed by atoms with E-state index in [1.165, 1.54) is 0 Å². The lowest BCUT2D eigenvalue weighted by Gasteiger charge is -2.33. The van der Waals surface area contributed by atoms with E-state index in [1.54, 1.807) is 18.9 Å². The highest BCUT2D eigenvalue weighted by Crippen LogP contribution is 2.10. The molecule has 0 aliphatic heterocycles. The third-order valence-corrected chi connectivity index (χ3v) is 1.73. The van der Waals surface area contributed by atoms with E-state index in [-0.39, 0.29) is 11.4 Å². The Morgan fingerprint density at radius 1 is 1.45 bits per heavy atom. The predicted octanol–water partition coefficient (Wildman–Crippen LogP) is 0.591. The first kappa shape index (κ1) is 10.4. The topological polar surface area (TPSA) is 46.3 Å². The SMILES string of the molecule is CC(N)C(=O)N(C)C(C)(C)C. The van der Waals surface area contributed by atoms with Crippen LogP contribution in [0.15, 0.2) is 0 Å². The van der Waals surface area contributed by atoms with Gasteiger partial charge in [0.15, 0.2) is 0 Å². The fraction of sp³-hybridized carbons (Fsp3) is 0.875. The second kappa shape index (κ2) is 3.22. The van der Waals surface area contributed by atoms with Gasteiger partial charge in [0.25, 0.3) is 0 Å². The summed E-state index contributed by atoms with van der Waals surface area (Å²) >= 11 is 0. The van der Waals surface area contributed by atoms with E-state index in [0.29, 0.717) is 0 Å². The fourth-order valence-electron chi connectivity index (χ4n) is 0.636. The number of hydrogen-bond acceptors (Lipinski definition) is 2. The van der Waals surface area contributed by atoms with Crippen LogP contribution in [0.25, 0.3) is 0 Å². The number of nitrogens with zero attached hydrogens (tertiary/aromatic N) is 1. The Bertz CT molecular complexity index is 147. The van der Waals surface area contributed by atoms with Crippen molar-refractivity contribution in [2.24, 2.45) is 5.73 Å². The van der Waals surface area contributed by atoms with Crippen molar-refractivity contribution in [3.63, 3.8) is 0 Å². The van der Waals surface area contributed by atoms with E-state index in [2.05, 4.69) is 0 Å². The van der Waals surface area contributed by atoms with Crippen molar-refractivity contribution in [2.75, 3.05) is 7.05 Å². The molecule has 11 heavy (non-hydrogen) atoms. The van der Waals surface area contributed by atoms with Gasteiger partial charge in [0.2, 0.25) is 5.91 Å². The molecule has 66 valence electrons. The van der Waals surface area contributed by atoms with Gasteiger partial charge in [-0.1, -0.05) is 0 Å². The van der Waals surface area contributed by atoms with Crippen molar-refractivity contribution in [2.45, 2.75) is 39.3 Å². The first-order valence-corrected chi connectivity index (χ1v) is 3.80. The summed E-state index contributed by atoms with van der Waals surface area (Å²) in [6, 6.07) is -0.403. The molecule has 0 aromatic heterocycles. The summed E-state index contributed by atoms with van der Waals surface area (Å²) in [4.78, 5) is 13.0. The van der Waals surface area contributed by atoms with Crippen LogP contribution in [0.1, 0.15) is 27.7 Å². The molecule has 0 aromatic carbocycles. The molecule has 1 unspecified atom stereocenters. The van der Waals surface area contributed by atoms with Crippen molar-refractivity contribution in [3.8, 4) is 0 Å². The maximum atomic E-state index is 11.3. The normalized spacial score (nSPS) is 14.4. The zero-order chi connectivity index (χ0) is 9.23. The minimum atomic E-state index is -0.403. The van der Waals surface area contributed by atoms with Gasteiger partial charge in [-0.3, -0.25) is 4.79 Å². The summed E-state index contributed by atoms with van der Waals surface area (Å²) in [5.74, 6) is -0.0162. The van der Waals surface area contributed by atoms with Crippen LogP contribution in [-0.4, -0.2) is 29.4 Å². The molecule has 1 amide bonds. The van der Waals surface area contributed by atoms with E-state index in [9.17, 15) is 4.79 Å². The Kier molecular flexibility index (Phi) is 3.05. The van der Waals surface area contributed by atoms with Gasteiger partial charge in [0, 0.05) is 12.6 Å². The Morgan fingerprint density at radius 2 is 1.82 bits per heavy atom. The molecule has 0 rings (SSSR count). The summed E-state index contributed by atoms with van der Waals surface area (Å²) in [6.45, 7) is 7.64. The highest BCUT2D eigenvalue weighted by molar-refractivity contribution is 5.81. The molecule has 0 aliphatic rings. The lowest BCUT2D eigenvalue weighted by molar-refractivity contribution is -0.135. The average Bonchev–Trinajstić information content (AvgIpc) is 1.82. The largest absolute Gasteiger partial charge is 0.340 e. The number of nitrogens with two attached hydrogens (primary N) is 1. The Hall–Kier alpha value is -0.570. The van der Waals surface area contributed by atoms with E-state index < -0.39 is 6.04 Å². The van der Waals surface area contributed by atoms with Gasteiger partial charge in [-0.2, -0.15) is 0 Å². The standard InChI is InChI=1S/C8H18N2O/c1-6(9)7(11)10(5)8(2,3)4/h6H,9H2,1-5H3. The van der Waals surface area contributed by atoms with Gasteiger partial charge < -0.3 is 10.6 Å². The number of likely N-dealkylation sites (N-methyl/N-ethyl adjacent to an activating group) is 1. The third kappa shape index (κ3) is 2.89. The highest BCUT2D eigenvalue weighted by Gasteiger charge is 2.23. The maximum Gasteiger partial charge on any atom is 0.239 e. The van der Waals surface area contributed by atoms with Crippen molar-refractivity contribution in [1.82, 2.24) is 4.90 Å². The van der Waals surface area contributed by atoms with Crippen LogP contribution < -0.4 is 5.73 Å². The molecule has 3 nitrogen and oxygen atoms in total. The summed E-state index contributed by atoms with van der Waals surface area (Å²) in [6.07, 6.45) is 0. The molecule has 0 saturated heterocycles. The third-order valence-electron chi connectivity index (χ3n) is 1.73. The quantitative estimate of drug-likeness (QED) is 0.607. The monoisotopic (exact) mass is 158 g/mol. The molecule has 0 bridgehead atoms. The zero-order valence-electron chi connectivity index (χ0n) is 8.01. The Balaban J connectivity index is 4.26. The van der Waals surface area contributed by atoms with E-state index in [4.69, 9.17) is 5.73 Å². The van der Waals surface area contributed by atoms with Gasteiger partial charge in [0.05, 0.1) is 6.04 Å². The molecule has 1 atom stereocenters. The second-order valence-electron chi connectivity index (χ2n) is 3.86. The van der Waals surface area contributed by atoms with Gasteiger partial charge in [-0.15, -0.1) is 0 Å². The van der Waals surface area contributed by atoms with Crippen LogP contribution in [0.5, 0.6) is 0 Å². The molecule has 0 aromatic rings.